The van der Waals surface area contributed by atoms with Gasteiger partial charge in [-0.15, -0.1) is 12.4 Å². The molecule has 170 valence electrons. The fourth-order valence-corrected chi connectivity index (χ4v) is 5.43. The van der Waals surface area contributed by atoms with Gasteiger partial charge in [-0.05, 0) is 49.9 Å². The van der Waals surface area contributed by atoms with Gasteiger partial charge in [-0.1, -0.05) is 0 Å². The van der Waals surface area contributed by atoms with Gasteiger partial charge < -0.3 is 9.64 Å². The van der Waals surface area contributed by atoms with E-state index in [1.165, 1.54) is 24.3 Å². The maximum absolute atomic E-state index is 14.0. The van der Waals surface area contributed by atoms with Crippen molar-refractivity contribution in [2.45, 2.75) is 37.1 Å². The predicted molar refractivity (Wildman–Crippen MR) is 118 cm³/mol. The molecular weight excluding hydrogens is 439 g/mol. The van der Waals surface area contributed by atoms with E-state index in [2.05, 4.69) is 9.80 Å². The van der Waals surface area contributed by atoms with Crippen molar-refractivity contribution in [1.29, 1.82) is 5.26 Å². The molecule has 2 aromatic carbocycles. The smallest absolute Gasteiger partial charge is 0.162 e. The Hall–Kier alpha value is -2.43. The molecule has 2 aliphatic heterocycles. The summed E-state index contributed by atoms with van der Waals surface area (Å²) >= 11 is 0. The Kier molecular flexibility index (Phi) is 6.28. The lowest BCUT2D eigenvalue weighted by atomic mass is 9.69. The third-order valence-electron chi connectivity index (χ3n) is 7.28. The molecule has 1 aliphatic carbocycles. The minimum absolute atomic E-state index is 0. The molecule has 0 unspecified atom stereocenters. The third kappa shape index (κ3) is 3.91. The molecule has 1 spiro atoms. The Bertz CT molecular complexity index is 1040. The lowest BCUT2D eigenvalue weighted by Gasteiger charge is -2.44. The number of anilines is 1. The first-order valence-electron chi connectivity index (χ1n) is 10.8. The summed E-state index contributed by atoms with van der Waals surface area (Å²) in [6.45, 7) is 3.90. The van der Waals surface area contributed by atoms with E-state index in [1.54, 1.807) is 6.07 Å². The fourth-order valence-electron chi connectivity index (χ4n) is 5.43. The van der Waals surface area contributed by atoms with E-state index >= 15 is 0 Å². The van der Waals surface area contributed by atoms with Crippen molar-refractivity contribution in [3.8, 4) is 11.8 Å². The topological polar surface area (TPSA) is 39.5 Å². The van der Waals surface area contributed by atoms with Gasteiger partial charge in [0.05, 0.1) is 12.2 Å². The van der Waals surface area contributed by atoms with Crippen LogP contribution >= 0.6 is 12.4 Å². The second-order valence-electron chi connectivity index (χ2n) is 8.86. The van der Waals surface area contributed by atoms with Crippen LogP contribution in [0.1, 0.15) is 36.8 Å². The summed E-state index contributed by atoms with van der Waals surface area (Å²) < 4.78 is 47.1. The lowest BCUT2D eigenvalue weighted by molar-refractivity contribution is 0.106. The number of fused-ring (bicyclic) bond motifs is 2. The maximum Gasteiger partial charge on any atom is 0.162 e. The standard InChI is InChI=1S/C24H24F3N3O.ClH/c25-20-11-18(2-1-16(20)14-28)30-9-7-29(8-10-30)17-3-5-24(6-4-17)15-31-23-13-22(27)21(26)12-19(23)24;/h1-2,11-13,17H,3-10,15H2;1H. The van der Waals surface area contributed by atoms with Crippen LogP contribution in [0, 0.1) is 28.8 Å². The summed E-state index contributed by atoms with van der Waals surface area (Å²) in [4.78, 5) is 4.65. The zero-order valence-corrected chi connectivity index (χ0v) is 18.4. The van der Waals surface area contributed by atoms with Crippen molar-refractivity contribution in [2.75, 3.05) is 37.7 Å². The zero-order valence-electron chi connectivity index (χ0n) is 17.6. The van der Waals surface area contributed by atoms with Crippen LogP contribution in [0.3, 0.4) is 0 Å². The molecule has 2 heterocycles. The number of nitrogens with zero attached hydrogens (tertiary/aromatic N) is 3. The van der Waals surface area contributed by atoms with Gasteiger partial charge in [-0.25, -0.2) is 13.2 Å². The van der Waals surface area contributed by atoms with Gasteiger partial charge >= 0.3 is 0 Å². The zero-order chi connectivity index (χ0) is 21.6. The summed E-state index contributed by atoms with van der Waals surface area (Å²) in [5.74, 6) is -1.65. The molecule has 5 rings (SSSR count). The molecule has 2 fully saturated rings. The number of ether oxygens (including phenoxy) is 1. The normalized spacial score (nSPS) is 25.1. The Balaban J connectivity index is 0.00000245. The Morgan fingerprint density at radius 3 is 2.28 bits per heavy atom. The number of halogens is 4. The number of benzene rings is 2. The fraction of sp³-hybridized carbons (Fsp3) is 0.458. The molecule has 0 amide bonds. The van der Waals surface area contributed by atoms with Crippen LogP contribution in [0.2, 0.25) is 0 Å². The molecule has 0 radical (unpaired) electrons. The highest BCUT2D eigenvalue weighted by atomic mass is 35.5. The Morgan fingerprint density at radius 2 is 1.62 bits per heavy atom. The van der Waals surface area contributed by atoms with Crippen LogP contribution < -0.4 is 9.64 Å². The molecule has 0 aromatic heterocycles. The molecule has 4 nitrogen and oxygen atoms in total. The Morgan fingerprint density at radius 1 is 0.938 bits per heavy atom. The van der Waals surface area contributed by atoms with Crippen LogP contribution in [0.4, 0.5) is 18.9 Å². The summed E-state index contributed by atoms with van der Waals surface area (Å²) in [5, 5.41) is 8.90. The van der Waals surface area contributed by atoms with Crippen molar-refractivity contribution < 1.29 is 17.9 Å². The number of rotatable bonds is 2. The molecular formula is C24H25ClF3N3O. The second-order valence-corrected chi connectivity index (χ2v) is 8.86. The average molecular weight is 464 g/mol. The molecule has 3 aliphatic rings. The molecule has 1 saturated carbocycles. The summed E-state index contributed by atoms with van der Waals surface area (Å²) in [5.41, 5.74) is 1.49. The SMILES string of the molecule is Cl.N#Cc1ccc(N2CCN(C3CCC4(CC3)COc3cc(F)c(F)cc34)CC2)cc1F. The monoisotopic (exact) mass is 463 g/mol. The van der Waals surface area contributed by atoms with Gasteiger partial charge in [0.2, 0.25) is 0 Å². The maximum atomic E-state index is 14.0. The van der Waals surface area contributed by atoms with Crippen LogP contribution in [-0.2, 0) is 5.41 Å². The van der Waals surface area contributed by atoms with Crippen molar-refractivity contribution in [3.63, 3.8) is 0 Å². The van der Waals surface area contributed by atoms with Crippen molar-refractivity contribution >= 4 is 18.1 Å². The second kappa shape index (κ2) is 8.84. The molecule has 0 N–H and O–H groups in total. The highest BCUT2D eigenvalue weighted by molar-refractivity contribution is 5.85. The van der Waals surface area contributed by atoms with Gasteiger partial charge in [0.1, 0.15) is 17.6 Å². The van der Waals surface area contributed by atoms with Crippen molar-refractivity contribution in [2.24, 2.45) is 0 Å². The minimum atomic E-state index is -0.857. The number of hydrogen-bond donors (Lipinski definition) is 0. The summed E-state index contributed by atoms with van der Waals surface area (Å²) in [7, 11) is 0. The van der Waals surface area contributed by atoms with E-state index < -0.39 is 17.5 Å². The minimum Gasteiger partial charge on any atom is -0.492 e. The lowest BCUT2D eigenvalue weighted by Crippen LogP contribution is -2.52. The predicted octanol–water partition coefficient (Wildman–Crippen LogP) is 4.79. The summed E-state index contributed by atoms with van der Waals surface area (Å²) in [6, 6.07) is 9.61. The number of hydrogen-bond acceptors (Lipinski definition) is 4. The summed E-state index contributed by atoms with van der Waals surface area (Å²) in [6.07, 6.45) is 3.79. The number of nitriles is 1. The van der Waals surface area contributed by atoms with Crippen LogP contribution in [0.25, 0.3) is 0 Å². The van der Waals surface area contributed by atoms with E-state index in [0.29, 0.717) is 18.4 Å². The van der Waals surface area contributed by atoms with E-state index in [9.17, 15) is 13.2 Å². The first kappa shape index (κ1) is 22.8. The van der Waals surface area contributed by atoms with Crippen LogP contribution in [0.5, 0.6) is 5.75 Å². The molecule has 32 heavy (non-hydrogen) atoms. The third-order valence-corrected chi connectivity index (χ3v) is 7.28. The highest BCUT2D eigenvalue weighted by Crippen LogP contribution is 2.49. The highest BCUT2D eigenvalue weighted by Gasteiger charge is 2.45. The number of piperazine rings is 1. The van der Waals surface area contributed by atoms with Crippen molar-refractivity contribution in [3.05, 3.63) is 58.9 Å². The Labute approximate surface area is 192 Å². The first-order valence-corrected chi connectivity index (χ1v) is 10.8. The van der Waals surface area contributed by atoms with E-state index in [4.69, 9.17) is 10.00 Å². The largest absolute Gasteiger partial charge is 0.492 e. The van der Waals surface area contributed by atoms with E-state index in [0.717, 1.165) is 63.1 Å². The quantitative estimate of drug-likeness (QED) is 0.642. The van der Waals surface area contributed by atoms with Gasteiger partial charge in [0.25, 0.3) is 0 Å². The van der Waals surface area contributed by atoms with Crippen LogP contribution in [0.15, 0.2) is 30.3 Å². The molecule has 2 aromatic rings. The van der Waals surface area contributed by atoms with Gasteiger partial charge in [-0.3, -0.25) is 4.90 Å². The van der Waals surface area contributed by atoms with E-state index in [-0.39, 0.29) is 23.4 Å². The molecule has 0 bridgehead atoms. The van der Waals surface area contributed by atoms with Gasteiger partial charge in [0, 0.05) is 55.0 Å². The average Bonchev–Trinajstić information content (AvgIpc) is 3.11. The van der Waals surface area contributed by atoms with E-state index in [1.807, 2.05) is 6.07 Å². The molecule has 0 atom stereocenters. The van der Waals surface area contributed by atoms with Gasteiger partial charge in [0.15, 0.2) is 11.6 Å². The first-order chi connectivity index (χ1) is 15.0. The molecule has 8 heteroatoms. The van der Waals surface area contributed by atoms with Gasteiger partial charge in [-0.2, -0.15) is 5.26 Å². The molecule has 1 saturated heterocycles. The van der Waals surface area contributed by atoms with Crippen LogP contribution in [-0.4, -0.2) is 43.7 Å². The van der Waals surface area contributed by atoms with Crippen molar-refractivity contribution in [1.82, 2.24) is 4.90 Å².